The minimum absolute atomic E-state index is 0.0621. The van der Waals surface area contributed by atoms with E-state index in [-0.39, 0.29) is 17.6 Å². The van der Waals surface area contributed by atoms with Gasteiger partial charge in [0.05, 0.1) is 12.7 Å². The summed E-state index contributed by atoms with van der Waals surface area (Å²) in [5.41, 5.74) is 1.29. The summed E-state index contributed by atoms with van der Waals surface area (Å²) < 4.78 is 5.34. The summed E-state index contributed by atoms with van der Waals surface area (Å²) >= 11 is 0. The maximum atomic E-state index is 12.5. The molecular weight excluding hydrogens is 308 g/mol. The van der Waals surface area contributed by atoms with Crippen LogP contribution in [0.5, 0.6) is 5.75 Å². The first kappa shape index (κ1) is 17.5. The number of carboxylic acids is 1. The van der Waals surface area contributed by atoms with Gasteiger partial charge in [-0.3, -0.25) is 4.79 Å². The number of ether oxygens (including phenoxy) is 1. The van der Waals surface area contributed by atoms with E-state index in [2.05, 4.69) is 4.98 Å². The highest BCUT2D eigenvalue weighted by Gasteiger charge is 2.19. The lowest BCUT2D eigenvalue weighted by Crippen LogP contribution is -2.36. The van der Waals surface area contributed by atoms with E-state index in [0.717, 1.165) is 11.3 Å². The fraction of sp³-hybridized carbons (Fsp3) is 0.278. The van der Waals surface area contributed by atoms with Crippen molar-refractivity contribution in [3.05, 3.63) is 59.4 Å². The largest absolute Gasteiger partial charge is 0.496 e. The lowest BCUT2D eigenvalue weighted by molar-refractivity contribution is 0.0686. The average Bonchev–Trinajstić information content (AvgIpc) is 2.60. The molecule has 6 nitrogen and oxygen atoms in total. The zero-order valence-corrected chi connectivity index (χ0v) is 13.9. The first-order valence-electron chi connectivity index (χ1n) is 7.52. The van der Waals surface area contributed by atoms with Crippen molar-refractivity contribution < 1.29 is 19.4 Å². The molecule has 6 heteroatoms. The Labute approximate surface area is 140 Å². The number of aromatic carboxylic acids is 1. The molecule has 0 radical (unpaired) electrons. The minimum atomic E-state index is -1.12. The second kappa shape index (κ2) is 7.59. The van der Waals surface area contributed by atoms with Gasteiger partial charge in [0, 0.05) is 19.3 Å². The molecule has 0 bridgehead atoms. The number of aromatic nitrogens is 1. The molecule has 1 atom stereocenters. The maximum Gasteiger partial charge on any atom is 0.354 e. The number of benzene rings is 1. The molecule has 126 valence electrons. The Bertz CT molecular complexity index is 728. The molecule has 1 aromatic heterocycles. The van der Waals surface area contributed by atoms with Crippen molar-refractivity contribution in [1.82, 2.24) is 9.88 Å². The highest BCUT2D eigenvalue weighted by Crippen LogP contribution is 2.20. The van der Waals surface area contributed by atoms with Crippen molar-refractivity contribution >= 4 is 11.9 Å². The van der Waals surface area contributed by atoms with E-state index in [9.17, 15) is 9.59 Å². The third-order valence-corrected chi connectivity index (χ3v) is 3.92. The molecule has 0 aliphatic heterocycles. The highest BCUT2D eigenvalue weighted by atomic mass is 16.5. The number of nitrogens with zero attached hydrogens (tertiary/aromatic N) is 2. The third kappa shape index (κ3) is 3.90. The van der Waals surface area contributed by atoms with Crippen molar-refractivity contribution in [2.45, 2.75) is 19.4 Å². The average molecular weight is 328 g/mol. The monoisotopic (exact) mass is 328 g/mol. The van der Waals surface area contributed by atoms with Gasteiger partial charge >= 0.3 is 5.97 Å². The van der Waals surface area contributed by atoms with Gasteiger partial charge < -0.3 is 14.7 Å². The molecule has 2 rings (SSSR count). The SMILES string of the molecule is COc1ccccc1CC(C)N(C)C(=O)c1ccc(C(=O)O)nc1. The van der Waals surface area contributed by atoms with Crippen LogP contribution < -0.4 is 4.74 Å². The van der Waals surface area contributed by atoms with Crippen molar-refractivity contribution in [2.75, 3.05) is 14.2 Å². The Balaban J connectivity index is 2.10. The number of carboxylic acid groups (broad SMARTS) is 1. The summed E-state index contributed by atoms with van der Waals surface area (Å²) in [7, 11) is 3.33. The molecule has 0 spiro atoms. The van der Waals surface area contributed by atoms with Crippen molar-refractivity contribution in [1.29, 1.82) is 0 Å². The van der Waals surface area contributed by atoms with Gasteiger partial charge in [0.2, 0.25) is 0 Å². The quantitative estimate of drug-likeness (QED) is 0.881. The van der Waals surface area contributed by atoms with E-state index in [0.29, 0.717) is 12.0 Å². The van der Waals surface area contributed by atoms with Gasteiger partial charge in [-0.25, -0.2) is 9.78 Å². The molecule has 0 saturated heterocycles. The van der Waals surface area contributed by atoms with Crippen LogP contribution in [0.15, 0.2) is 42.6 Å². The van der Waals surface area contributed by atoms with Crippen LogP contribution in [-0.4, -0.2) is 47.1 Å². The topological polar surface area (TPSA) is 79.7 Å². The number of likely N-dealkylation sites (N-methyl/N-ethyl adjacent to an activating group) is 1. The first-order valence-corrected chi connectivity index (χ1v) is 7.52. The molecule has 1 aromatic carbocycles. The van der Waals surface area contributed by atoms with Crippen molar-refractivity contribution in [2.24, 2.45) is 0 Å². The number of hydrogen-bond donors (Lipinski definition) is 1. The first-order chi connectivity index (χ1) is 11.4. The molecule has 0 saturated carbocycles. The van der Waals surface area contributed by atoms with Crippen LogP contribution in [0.2, 0.25) is 0 Å². The Morgan fingerprint density at radius 3 is 2.54 bits per heavy atom. The Morgan fingerprint density at radius 1 is 1.25 bits per heavy atom. The number of para-hydroxylation sites is 1. The van der Waals surface area contributed by atoms with Crippen LogP contribution in [0.1, 0.15) is 33.3 Å². The van der Waals surface area contributed by atoms with Crippen LogP contribution in [0.3, 0.4) is 0 Å². The predicted octanol–water partition coefficient (Wildman–Crippen LogP) is 2.49. The van der Waals surface area contributed by atoms with Crippen molar-refractivity contribution in [3.8, 4) is 5.75 Å². The van der Waals surface area contributed by atoms with E-state index in [1.807, 2.05) is 31.2 Å². The van der Waals surface area contributed by atoms with Crippen LogP contribution in [0.4, 0.5) is 0 Å². The van der Waals surface area contributed by atoms with Gasteiger partial charge in [-0.05, 0) is 37.1 Å². The molecule has 1 heterocycles. The Kier molecular flexibility index (Phi) is 5.52. The van der Waals surface area contributed by atoms with Crippen LogP contribution in [0.25, 0.3) is 0 Å². The second-order valence-electron chi connectivity index (χ2n) is 5.52. The smallest absolute Gasteiger partial charge is 0.354 e. The molecule has 0 fully saturated rings. The van der Waals surface area contributed by atoms with Gasteiger partial charge in [0.15, 0.2) is 0 Å². The molecule has 0 aliphatic carbocycles. The molecule has 2 aromatic rings. The summed E-state index contributed by atoms with van der Waals surface area (Å²) in [4.78, 5) is 28.7. The normalized spacial score (nSPS) is 11.6. The van der Waals surface area contributed by atoms with Crippen LogP contribution >= 0.6 is 0 Å². The lowest BCUT2D eigenvalue weighted by atomic mass is 10.0. The van der Waals surface area contributed by atoms with Gasteiger partial charge in [-0.1, -0.05) is 18.2 Å². The number of amides is 1. The Morgan fingerprint density at radius 2 is 1.96 bits per heavy atom. The zero-order chi connectivity index (χ0) is 17.7. The Hall–Kier alpha value is -2.89. The summed E-state index contributed by atoms with van der Waals surface area (Å²) in [6.07, 6.45) is 1.94. The maximum absolute atomic E-state index is 12.5. The van der Waals surface area contributed by atoms with Crippen LogP contribution in [0, 0.1) is 0 Å². The zero-order valence-electron chi connectivity index (χ0n) is 13.9. The predicted molar refractivity (Wildman–Crippen MR) is 89.4 cm³/mol. The molecule has 1 N–H and O–H groups in total. The van der Waals surface area contributed by atoms with E-state index >= 15 is 0 Å². The number of hydrogen-bond acceptors (Lipinski definition) is 4. The number of carbonyl (C=O) groups is 2. The van der Waals surface area contributed by atoms with Gasteiger partial charge in [-0.15, -0.1) is 0 Å². The summed E-state index contributed by atoms with van der Waals surface area (Å²) in [5.74, 6) is -0.536. The van der Waals surface area contributed by atoms with E-state index < -0.39 is 5.97 Å². The molecule has 1 amide bonds. The number of pyridine rings is 1. The highest BCUT2D eigenvalue weighted by molar-refractivity contribution is 5.94. The summed E-state index contributed by atoms with van der Waals surface area (Å²) in [5, 5.41) is 8.86. The number of rotatable bonds is 6. The molecule has 24 heavy (non-hydrogen) atoms. The third-order valence-electron chi connectivity index (χ3n) is 3.92. The lowest BCUT2D eigenvalue weighted by Gasteiger charge is -2.25. The molecule has 0 aliphatic rings. The van der Waals surface area contributed by atoms with Gasteiger partial charge in [0.1, 0.15) is 11.4 Å². The summed E-state index contributed by atoms with van der Waals surface area (Å²) in [6.45, 7) is 1.95. The number of carbonyl (C=O) groups excluding carboxylic acids is 1. The molecule has 1 unspecified atom stereocenters. The summed E-state index contributed by atoms with van der Waals surface area (Å²) in [6, 6.07) is 10.4. The van der Waals surface area contributed by atoms with Gasteiger partial charge in [0.25, 0.3) is 5.91 Å². The second-order valence-corrected chi connectivity index (χ2v) is 5.52. The van der Waals surface area contributed by atoms with Gasteiger partial charge in [-0.2, -0.15) is 0 Å². The number of methoxy groups -OCH3 is 1. The minimum Gasteiger partial charge on any atom is -0.496 e. The standard InChI is InChI=1S/C18H20N2O4/c1-12(10-13-6-4-5-7-16(13)24-3)20(2)17(21)14-8-9-15(18(22)23)19-11-14/h4-9,11-12H,10H2,1-3H3,(H,22,23). The fourth-order valence-corrected chi connectivity index (χ4v) is 2.38. The molecular formula is C18H20N2O4. The van der Waals surface area contributed by atoms with E-state index in [1.165, 1.54) is 18.3 Å². The van der Waals surface area contributed by atoms with Crippen molar-refractivity contribution in [3.63, 3.8) is 0 Å². The van der Waals surface area contributed by atoms with E-state index in [1.54, 1.807) is 19.1 Å². The van der Waals surface area contributed by atoms with Crippen LogP contribution in [-0.2, 0) is 6.42 Å². The fourth-order valence-electron chi connectivity index (χ4n) is 2.38. The van der Waals surface area contributed by atoms with E-state index in [4.69, 9.17) is 9.84 Å².